The lowest BCUT2D eigenvalue weighted by atomic mass is 10.0. The molecule has 0 atom stereocenters. The molecule has 2 aromatic heterocycles. The summed E-state index contributed by atoms with van der Waals surface area (Å²) in [5, 5.41) is 12.9. The Kier molecular flexibility index (Phi) is 5.13. The highest BCUT2D eigenvalue weighted by atomic mass is 19.1. The maximum atomic E-state index is 14.0. The van der Waals surface area contributed by atoms with E-state index in [9.17, 15) is 4.39 Å². The summed E-state index contributed by atoms with van der Waals surface area (Å²) >= 11 is 0. The van der Waals surface area contributed by atoms with Crippen LogP contribution in [0.15, 0.2) is 66.9 Å². The van der Waals surface area contributed by atoms with Crippen LogP contribution in [0, 0.1) is 33.5 Å². The van der Waals surface area contributed by atoms with E-state index in [0.717, 1.165) is 28.0 Å². The second kappa shape index (κ2) is 8.13. The van der Waals surface area contributed by atoms with Gasteiger partial charge in [0.05, 0.1) is 23.1 Å². The molecule has 5 rings (SSSR count). The molecule has 3 aromatic carbocycles. The number of hydrogen-bond donors (Lipinski definition) is 1. The van der Waals surface area contributed by atoms with Crippen LogP contribution in [0.25, 0.3) is 28.0 Å². The van der Waals surface area contributed by atoms with E-state index in [1.54, 1.807) is 17.7 Å². The molecule has 0 aliphatic rings. The maximum absolute atomic E-state index is 14.0. The molecule has 0 unspecified atom stereocenters. The lowest BCUT2D eigenvalue weighted by Crippen LogP contribution is -1.98. The molecule has 1 N–H and O–H groups in total. The Bertz CT molecular complexity index is 1480. The summed E-state index contributed by atoms with van der Waals surface area (Å²) in [4.78, 5) is 4.81. The first-order chi connectivity index (χ1) is 15.9. The zero-order valence-corrected chi connectivity index (χ0v) is 19.0. The topological polar surface area (TPSA) is 55.6 Å². The van der Waals surface area contributed by atoms with Gasteiger partial charge < -0.3 is 5.32 Å². The van der Waals surface area contributed by atoms with Crippen molar-refractivity contribution < 1.29 is 4.39 Å². The number of aryl methyl sites for hydroxylation is 3. The molecular weight excluding hydrogens is 413 g/mol. The minimum atomic E-state index is -0.234. The van der Waals surface area contributed by atoms with E-state index in [1.165, 1.54) is 22.8 Å². The number of halogens is 1. The van der Waals surface area contributed by atoms with Gasteiger partial charge in [-0.1, -0.05) is 17.3 Å². The third-order valence-electron chi connectivity index (χ3n) is 6.11. The van der Waals surface area contributed by atoms with Crippen molar-refractivity contribution in [1.82, 2.24) is 20.0 Å². The van der Waals surface area contributed by atoms with Gasteiger partial charge >= 0.3 is 0 Å². The molecule has 2 heterocycles. The highest BCUT2D eigenvalue weighted by Gasteiger charge is 2.11. The minimum Gasteiger partial charge on any atom is -0.355 e. The van der Waals surface area contributed by atoms with Crippen molar-refractivity contribution in [3.05, 3.63) is 94.9 Å². The van der Waals surface area contributed by atoms with Gasteiger partial charge in [-0.25, -0.2) is 14.1 Å². The van der Waals surface area contributed by atoms with Gasteiger partial charge in [0.15, 0.2) is 0 Å². The molecule has 0 radical (unpaired) electrons. The van der Waals surface area contributed by atoms with Crippen LogP contribution in [0.5, 0.6) is 0 Å². The molecule has 6 heteroatoms. The molecule has 0 saturated carbocycles. The van der Waals surface area contributed by atoms with Crippen molar-refractivity contribution in [2.24, 2.45) is 0 Å². The Morgan fingerprint density at radius 3 is 2.36 bits per heavy atom. The molecule has 0 aliphatic carbocycles. The molecule has 164 valence electrons. The number of anilines is 2. The fourth-order valence-corrected chi connectivity index (χ4v) is 3.89. The van der Waals surface area contributed by atoms with Crippen molar-refractivity contribution in [1.29, 1.82) is 0 Å². The molecule has 0 bridgehead atoms. The average molecular weight is 438 g/mol. The zero-order chi connectivity index (χ0) is 23.1. The predicted octanol–water partition coefficient (Wildman–Crippen LogP) is 6.60. The SMILES string of the molecule is Cc1ccc(Nc2cccc3nc(-c4cn(-c5cc(C)c(C)c(C)c5)nn4)ccc23)cc1F. The quantitative estimate of drug-likeness (QED) is 0.344. The number of fused-ring (bicyclic) bond motifs is 1. The second-order valence-corrected chi connectivity index (χ2v) is 8.41. The van der Waals surface area contributed by atoms with E-state index < -0.39 is 0 Å². The summed E-state index contributed by atoms with van der Waals surface area (Å²) in [5.41, 5.74) is 9.15. The van der Waals surface area contributed by atoms with E-state index in [-0.39, 0.29) is 5.82 Å². The molecule has 5 nitrogen and oxygen atoms in total. The van der Waals surface area contributed by atoms with Crippen LogP contribution in [0.1, 0.15) is 22.3 Å². The average Bonchev–Trinajstić information content (AvgIpc) is 3.30. The van der Waals surface area contributed by atoms with Crippen molar-refractivity contribution in [3.8, 4) is 17.1 Å². The lowest BCUT2D eigenvalue weighted by molar-refractivity contribution is 0.619. The maximum Gasteiger partial charge on any atom is 0.131 e. The molecule has 0 fully saturated rings. The van der Waals surface area contributed by atoms with Gasteiger partial charge in [-0.15, -0.1) is 5.10 Å². The van der Waals surface area contributed by atoms with Gasteiger partial charge in [0.25, 0.3) is 0 Å². The van der Waals surface area contributed by atoms with Crippen LogP contribution >= 0.6 is 0 Å². The fraction of sp³-hybridized carbons (Fsp3) is 0.148. The predicted molar refractivity (Wildman–Crippen MR) is 131 cm³/mol. The van der Waals surface area contributed by atoms with Crippen molar-refractivity contribution in [2.75, 3.05) is 5.32 Å². The summed E-state index contributed by atoms with van der Waals surface area (Å²) in [6, 6.07) is 19.1. The van der Waals surface area contributed by atoms with Crippen molar-refractivity contribution >= 4 is 22.3 Å². The smallest absolute Gasteiger partial charge is 0.131 e. The van der Waals surface area contributed by atoms with Crippen LogP contribution in [0.3, 0.4) is 0 Å². The monoisotopic (exact) mass is 437 g/mol. The molecule has 33 heavy (non-hydrogen) atoms. The Morgan fingerprint density at radius 2 is 1.61 bits per heavy atom. The Labute approximate surface area is 191 Å². The number of hydrogen-bond acceptors (Lipinski definition) is 4. The second-order valence-electron chi connectivity index (χ2n) is 8.41. The third kappa shape index (κ3) is 3.96. The van der Waals surface area contributed by atoms with E-state index in [4.69, 9.17) is 4.98 Å². The largest absolute Gasteiger partial charge is 0.355 e. The van der Waals surface area contributed by atoms with Crippen LogP contribution in [-0.4, -0.2) is 20.0 Å². The minimum absolute atomic E-state index is 0.234. The van der Waals surface area contributed by atoms with E-state index in [2.05, 4.69) is 48.5 Å². The summed E-state index contributed by atoms with van der Waals surface area (Å²) in [6.07, 6.45) is 1.90. The fourth-order valence-electron chi connectivity index (χ4n) is 3.89. The first-order valence-electron chi connectivity index (χ1n) is 10.8. The highest BCUT2D eigenvalue weighted by Crippen LogP contribution is 2.28. The van der Waals surface area contributed by atoms with E-state index in [0.29, 0.717) is 16.9 Å². The number of aromatic nitrogens is 4. The first kappa shape index (κ1) is 20.8. The number of benzene rings is 3. The van der Waals surface area contributed by atoms with Gasteiger partial charge in [-0.3, -0.25) is 0 Å². The molecule has 0 aliphatic heterocycles. The zero-order valence-electron chi connectivity index (χ0n) is 19.0. The lowest BCUT2D eigenvalue weighted by Gasteiger charge is -2.11. The molecule has 0 amide bonds. The van der Waals surface area contributed by atoms with Crippen LogP contribution < -0.4 is 5.32 Å². The van der Waals surface area contributed by atoms with E-state index in [1.807, 2.05) is 42.6 Å². The summed E-state index contributed by atoms with van der Waals surface area (Å²) < 4.78 is 15.7. The first-order valence-corrected chi connectivity index (χ1v) is 10.8. The van der Waals surface area contributed by atoms with Crippen molar-refractivity contribution in [3.63, 3.8) is 0 Å². The number of pyridine rings is 1. The van der Waals surface area contributed by atoms with Gasteiger partial charge in [0, 0.05) is 16.8 Å². The normalized spacial score (nSPS) is 11.2. The number of nitrogens with one attached hydrogen (secondary N) is 1. The van der Waals surface area contributed by atoms with Gasteiger partial charge in [-0.2, -0.15) is 0 Å². The summed E-state index contributed by atoms with van der Waals surface area (Å²) in [7, 11) is 0. The number of rotatable bonds is 4. The molecule has 5 aromatic rings. The van der Waals surface area contributed by atoms with Crippen molar-refractivity contribution in [2.45, 2.75) is 27.7 Å². The molecule has 0 spiro atoms. The molecule has 0 saturated heterocycles. The van der Waals surface area contributed by atoms with Crippen LogP contribution in [0.2, 0.25) is 0 Å². The number of nitrogens with zero attached hydrogens (tertiary/aromatic N) is 4. The van der Waals surface area contributed by atoms with E-state index >= 15 is 0 Å². The van der Waals surface area contributed by atoms with Gasteiger partial charge in [-0.05, 0) is 98.5 Å². The Balaban J connectivity index is 1.48. The van der Waals surface area contributed by atoms with Crippen LogP contribution in [-0.2, 0) is 0 Å². The summed E-state index contributed by atoms with van der Waals surface area (Å²) in [6.45, 7) is 8.08. The molecular formula is C27H24FN5. The third-order valence-corrected chi connectivity index (χ3v) is 6.11. The Morgan fingerprint density at radius 1 is 0.818 bits per heavy atom. The van der Waals surface area contributed by atoms with Crippen LogP contribution in [0.4, 0.5) is 15.8 Å². The van der Waals surface area contributed by atoms with Gasteiger partial charge in [0.2, 0.25) is 0 Å². The van der Waals surface area contributed by atoms with Gasteiger partial charge in [0.1, 0.15) is 11.5 Å². The Hall–Kier alpha value is -4.06. The highest BCUT2D eigenvalue weighted by molar-refractivity contribution is 5.94. The summed E-state index contributed by atoms with van der Waals surface area (Å²) in [5.74, 6) is -0.234. The standard InChI is InChI=1S/C27H24FN5/c1-16-8-9-20(14-23(16)28)29-24-6-5-7-25-22(24)10-11-26(30-25)27-15-33(32-31-27)21-12-17(2)19(4)18(3)13-21/h5-15,29H,1-4H3.